The summed E-state index contributed by atoms with van der Waals surface area (Å²) in [5.41, 5.74) is 2.61. The molecule has 28 heavy (non-hydrogen) atoms. The van der Waals surface area contributed by atoms with Crippen LogP contribution in [0.3, 0.4) is 0 Å². The second-order valence-electron chi connectivity index (χ2n) is 6.62. The first-order chi connectivity index (χ1) is 13.0. The van der Waals surface area contributed by atoms with Crippen molar-refractivity contribution in [3.8, 4) is 0 Å². The van der Waals surface area contributed by atoms with Crippen LogP contribution in [0.25, 0.3) is 0 Å². The van der Waals surface area contributed by atoms with Crippen molar-refractivity contribution >= 4 is 43.0 Å². The van der Waals surface area contributed by atoms with E-state index in [0.717, 1.165) is 17.2 Å². The highest BCUT2D eigenvalue weighted by atomic mass is 32.2. The lowest BCUT2D eigenvalue weighted by Gasteiger charge is -2.16. The monoisotopic (exact) mass is 421 g/mol. The molecule has 0 unspecified atom stereocenters. The molecule has 1 amide bonds. The van der Waals surface area contributed by atoms with Gasteiger partial charge in [-0.1, -0.05) is 6.07 Å². The van der Waals surface area contributed by atoms with Crippen LogP contribution in [-0.2, 0) is 24.7 Å². The van der Waals surface area contributed by atoms with Crippen LogP contribution in [-0.4, -0.2) is 34.3 Å². The summed E-state index contributed by atoms with van der Waals surface area (Å²) in [6.45, 7) is 5.22. The van der Waals surface area contributed by atoms with Crippen LogP contribution in [0.4, 0.5) is 11.4 Å². The summed E-state index contributed by atoms with van der Waals surface area (Å²) in [5, 5.41) is 5.34. The fraction of sp³-hybridized carbons (Fsp3) is 0.222. The quantitative estimate of drug-likeness (QED) is 0.781. The number of rotatable bonds is 4. The van der Waals surface area contributed by atoms with E-state index in [4.69, 9.17) is 0 Å². The van der Waals surface area contributed by atoms with Gasteiger partial charge >= 0.3 is 0 Å². The highest BCUT2D eigenvalue weighted by Gasteiger charge is 2.27. The van der Waals surface area contributed by atoms with Crippen molar-refractivity contribution in [2.75, 3.05) is 16.4 Å². The molecule has 0 aliphatic carbocycles. The maximum absolute atomic E-state index is 12.6. The zero-order valence-corrected chi connectivity index (χ0v) is 17.1. The Hall–Kier alpha value is -2.72. The van der Waals surface area contributed by atoms with Gasteiger partial charge < -0.3 is 10.6 Å². The number of carbonyl (C=O) groups is 1. The van der Waals surface area contributed by atoms with E-state index in [9.17, 15) is 21.6 Å². The number of fused-ring (bicyclic) bond motifs is 1. The first-order valence-corrected chi connectivity index (χ1v) is 11.4. The van der Waals surface area contributed by atoms with Crippen LogP contribution in [0.2, 0.25) is 0 Å². The fourth-order valence-corrected chi connectivity index (χ4v) is 5.37. The number of nitrogens with one attached hydrogen (secondary N) is 2. The molecular weight excluding hydrogens is 402 g/mol. The molecule has 2 aromatic rings. The number of hydrogen-bond donors (Lipinski definition) is 2. The summed E-state index contributed by atoms with van der Waals surface area (Å²) in [5.74, 6) is -1.33. The average molecular weight is 422 g/mol. The highest BCUT2D eigenvalue weighted by molar-refractivity contribution is 7.92. The van der Waals surface area contributed by atoms with Crippen molar-refractivity contribution in [1.29, 1.82) is 0 Å². The number of carbonyl (C=O) groups excluding carboxylic acids is 1. The molecule has 0 saturated carbocycles. The van der Waals surface area contributed by atoms with Gasteiger partial charge in [0.2, 0.25) is 5.91 Å². The van der Waals surface area contributed by atoms with Crippen LogP contribution in [0.5, 0.6) is 0 Å². The molecule has 0 aromatic heterocycles. The van der Waals surface area contributed by atoms with Crippen LogP contribution in [0.1, 0.15) is 18.1 Å². The molecule has 2 aromatic carbocycles. The second kappa shape index (κ2) is 7.02. The van der Waals surface area contributed by atoms with Gasteiger partial charge in [-0.05, 0) is 62.2 Å². The third-order valence-corrected chi connectivity index (χ3v) is 7.01. The first kappa shape index (κ1) is 20.0. The lowest BCUT2D eigenvalue weighted by molar-refractivity contribution is -0.113. The zero-order valence-electron chi connectivity index (χ0n) is 15.5. The third-order valence-electron chi connectivity index (χ3n) is 3.99. The van der Waals surface area contributed by atoms with Gasteiger partial charge in [0.25, 0.3) is 10.0 Å². The Balaban J connectivity index is 1.85. The Bertz CT molecular complexity index is 1200. The van der Waals surface area contributed by atoms with Crippen molar-refractivity contribution in [1.82, 2.24) is 0 Å². The van der Waals surface area contributed by atoms with Gasteiger partial charge in [-0.3, -0.25) is 4.79 Å². The molecule has 0 fully saturated rings. The maximum Gasteiger partial charge on any atom is 0.286 e. The molecule has 0 radical (unpaired) electrons. The van der Waals surface area contributed by atoms with Crippen molar-refractivity contribution in [2.24, 2.45) is 4.40 Å². The molecule has 0 atom stereocenters. The summed E-state index contributed by atoms with van der Waals surface area (Å²) in [7, 11) is -8.05. The molecule has 8 nitrogen and oxygen atoms in total. The maximum atomic E-state index is 12.6. The van der Waals surface area contributed by atoms with E-state index < -0.39 is 31.5 Å². The van der Waals surface area contributed by atoms with E-state index in [1.54, 1.807) is 12.1 Å². The molecular formula is C18H19N3O5S2. The van der Waals surface area contributed by atoms with E-state index in [0.29, 0.717) is 5.69 Å². The third kappa shape index (κ3) is 4.23. The second-order valence-corrected chi connectivity index (χ2v) is 10.2. The summed E-state index contributed by atoms with van der Waals surface area (Å²) < 4.78 is 53.1. The molecule has 1 aliphatic heterocycles. The SMILES string of the molecule is CC1=NS(=O)(=O)c2cc(S(=O)(=O)CC(=O)Nc3cc(C)cc(C)c3)ccc2N1. The average Bonchev–Trinajstić information content (AvgIpc) is 2.51. The summed E-state index contributed by atoms with van der Waals surface area (Å²) in [6, 6.07) is 9.02. The van der Waals surface area contributed by atoms with Crippen molar-refractivity contribution < 1.29 is 21.6 Å². The van der Waals surface area contributed by atoms with Crippen LogP contribution in [0, 0.1) is 13.8 Å². The molecule has 0 saturated heterocycles. The highest BCUT2D eigenvalue weighted by Crippen LogP contribution is 2.30. The molecule has 1 heterocycles. The topological polar surface area (TPSA) is 122 Å². The summed E-state index contributed by atoms with van der Waals surface area (Å²) >= 11 is 0. The molecule has 0 spiro atoms. The van der Waals surface area contributed by atoms with E-state index in [-0.39, 0.29) is 21.3 Å². The Morgan fingerprint density at radius 1 is 1.07 bits per heavy atom. The lowest BCUT2D eigenvalue weighted by atomic mass is 10.1. The molecule has 0 bridgehead atoms. The predicted octanol–water partition coefficient (Wildman–Crippen LogP) is 2.25. The molecule has 10 heteroatoms. The van der Waals surface area contributed by atoms with Gasteiger partial charge in [0.05, 0.1) is 10.6 Å². The van der Waals surface area contributed by atoms with Crippen LogP contribution < -0.4 is 10.6 Å². The van der Waals surface area contributed by atoms with Crippen molar-refractivity contribution in [2.45, 2.75) is 30.6 Å². The minimum absolute atomic E-state index is 0.191. The largest absolute Gasteiger partial charge is 0.342 e. The first-order valence-electron chi connectivity index (χ1n) is 8.30. The van der Waals surface area contributed by atoms with Crippen LogP contribution in [0.15, 0.2) is 50.6 Å². The number of anilines is 2. The van der Waals surface area contributed by atoms with E-state index in [1.165, 1.54) is 19.1 Å². The normalized spacial score (nSPS) is 15.2. The Morgan fingerprint density at radius 3 is 2.36 bits per heavy atom. The molecule has 2 N–H and O–H groups in total. The standard InChI is InChI=1S/C18H19N3O5S2/c1-11-6-12(2)8-14(7-11)20-18(22)10-27(23,24)15-4-5-16-17(9-15)28(25,26)21-13(3)19-16/h4-9H,10H2,1-3H3,(H,19,21)(H,20,22). The van der Waals surface area contributed by atoms with E-state index in [2.05, 4.69) is 15.0 Å². The number of hydrogen-bond acceptors (Lipinski definition) is 6. The summed E-state index contributed by atoms with van der Waals surface area (Å²) in [4.78, 5) is 11.7. The number of amides is 1. The number of sulfone groups is 1. The summed E-state index contributed by atoms with van der Waals surface area (Å²) in [6.07, 6.45) is 0. The lowest BCUT2D eigenvalue weighted by Crippen LogP contribution is -2.24. The smallest absolute Gasteiger partial charge is 0.286 e. The number of nitrogens with zero attached hydrogens (tertiary/aromatic N) is 1. The predicted molar refractivity (Wildman–Crippen MR) is 107 cm³/mol. The van der Waals surface area contributed by atoms with Gasteiger partial charge in [-0.2, -0.15) is 8.42 Å². The Kier molecular flexibility index (Phi) is 5.02. The van der Waals surface area contributed by atoms with Gasteiger partial charge in [0, 0.05) is 5.69 Å². The minimum Gasteiger partial charge on any atom is -0.342 e. The number of benzene rings is 2. The van der Waals surface area contributed by atoms with Gasteiger partial charge in [-0.15, -0.1) is 4.40 Å². The van der Waals surface area contributed by atoms with E-state index in [1.807, 2.05) is 19.9 Å². The van der Waals surface area contributed by atoms with Gasteiger partial charge in [0.1, 0.15) is 16.5 Å². The number of aryl methyl sites for hydroxylation is 2. The minimum atomic E-state index is -4.05. The van der Waals surface area contributed by atoms with Crippen molar-refractivity contribution in [3.05, 3.63) is 47.5 Å². The molecule has 1 aliphatic rings. The molecule has 3 rings (SSSR count). The number of sulfonamides is 1. The Labute approximate surface area is 163 Å². The van der Waals surface area contributed by atoms with E-state index >= 15 is 0 Å². The van der Waals surface area contributed by atoms with Gasteiger partial charge in [0.15, 0.2) is 9.84 Å². The fourth-order valence-electron chi connectivity index (χ4n) is 2.96. The Morgan fingerprint density at radius 2 is 1.71 bits per heavy atom. The van der Waals surface area contributed by atoms with Crippen molar-refractivity contribution in [3.63, 3.8) is 0 Å². The van der Waals surface area contributed by atoms with Crippen LogP contribution >= 0.6 is 0 Å². The zero-order chi connectivity index (χ0) is 20.7. The van der Waals surface area contributed by atoms with Gasteiger partial charge in [-0.25, -0.2) is 8.42 Å². The molecule has 148 valence electrons. The number of amidine groups is 1.